The molecule has 0 aromatic heterocycles. The van der Waals surface area contributed by atoms with E-state index in [1.165, 1.54) is 57.8 Å². The minimum atomic E-state index is 0.591. The van der Waals surface area contributed by atoms with Crippen LogP contribution in [0.2, 0.25) is 0 Å². The average molecular weight is 277 g/mol. The molecule has 0 heterocycles. The lowest BCUT2D eigenvalue weighted by molar-refractivity contribution is -0.163. The molecular weight excluding hydrogens is 240 g/mol. The Labute approximate surface area is 127 Å². The van der Waals surface area contributed by atoms with Gasteiger partial charge in [0.2, 0.25) is 0 Å². The van der Waals surface area contributed by atoms with Gasteiger partial charge in [-0.2, -0.15) is 0 Å². The molecule has 116 valence electrons. The summed E-state index contributed by atoms with van der Waals surface area (Å²) in [7, 11) is 0. The molecule has 0 amide bonds. The van der Waals surface area contributed by atoms with Crippen LogP contribution in [0.1, 0.15) is 92.4 Å². The lowest BCUT2D eigenvalue weighted by Gasteiger charge is -2.65. The van der Waals surface area contributed by atoms with Crippen LogP contribution >= 0.6 is 0 Å². The summed E-state index contributed by atoms with van der Waals surface area (Å²) < 4.78 is 0. The molecule has 0 saturated heterocycles. The topological polar surface area (TPSA) is 0 Å². The van der Waals surface area contributed by atoms with E-state index in [1.807, 2.05) is 0 Å². The second kappa shape index (κ2) is 4.75. The highest BCUT2D eigenvalue weighted by Gasteiger charge is 2.60. The van der Waals surface area contributed by atoms with E-state index < -0.39 is 0 Å². The molecule has 20 heavy (non-hydrogen) atoms. The van der Waals surface area contributed by atoms with Gasteiger partial charge in [-0.05, 0) is 72.5 Å². The van der Waals surface area contributed by atoms with Gasteiger partial charge in [-0.1, -0.05) is 53.9 Å². The molecule has 0 aliphatic heterocycles. The fourth-order valence-electron chi connectivity index (χ4n) is 7.40. The highest BCUT2D eigenvalue weighted by Crippen LogP contribution is 2.68. The summed E-state index contributed by atoms with van der Waals surface area (Å²) in [4.78, 5) is 0. The molecule has 3 aliphatic rings. The van der Waals surface area contributed by atoms with Crippen LogP contribution in [-0.2, 0) is 0 Å². The fraction of sp³-hybridized carbons (Fsp3) is 1.00. The third kappa shape index (κ3) is 1.92. The van der Waals surface area contributed by atoms with Crippen molar-refractivity contribution in [3.8, 4) is 0 Å². The van der Waals surface area contributed by atoms with E-state index in [0.717, 1.165) is 17.8 Å². The molecule has 0 aromatic carbocycles. The van der Waals surface area contributed by atoms with Gasteiger partial charge in [0.15, 0.2) is 0 Å². The number of hydrogen-bond donors (Lipinski definition) is 0. The Morgan fingerprint density at radius 3 is 2.20 bits per heavy atom. The van der Waals surface area contributed by atoms with Crippen LogP contribution in [0.25, 0.3) is 0 Å². The molecule has 3 unspecified atom stereocenters. The molecule has 5 atom stereocenters. The van der Waals surface area contributed by atoms with Crippen LogP contribution < -0.4 is 0 Å². The molecule has 3 aliphatic carbocycles. The zero-order chi connectivity index (χ0) is 14.6. The van der Waals surface area contributed by atoms with E-state index in [2.05, 4.69) is 34.6 Å². The minimum absolute atomic E-state index is 0.591. The Hall–Kier alpha value is 0. The SMILES string of the molecule is CCC1CCCC2[C@]1(C)CCC1C(C)(C)CCC[C@]12C. The predicted octanol–water partition coefficient (Wildman–Crippen LogP) is 6.45. The van der Waals surface area contributed by atoms with Crippen LogP contribution in [-0.4, -0.2) is 0 Å². The van der Waals surface area contributed by atoms with Gasteiger partial charge >= 0.3 is 0 Å². The Morgan fingerprint density at radius 2 is 1.50 bits per heavy atom. The van der Waals surface area contributed by atoms with Crippen molar-refractivity contribution < 1.29 is 0 Å². The van der Waals surface area contributed by atoms with Crippen molar-refractivity contribution in [2.24, 2.45) is 34.0 Å². The molecule has 0 heteroatoms. The molecular formula is C20H36. The van der Waals surface area contributed by atoms with E-state index in [1.54, 1.807) is 0 Å². The molecule has 3 saturated carbocycles. The molecule has 0 N–H and O–H groups in total. The van der Waals surface area contributed by atoms with Gasteiger partial charge in [-0.3, -0.25) is 0 Å². The first kappa shape index (κ1) is 14.9. The van der Waals surface area contributed by atoms with Gasteiger partial charge < -0.3 is 0 Å². The lowest BCUT2D eigenvalue weighted by atomic mass is 9.39. The van der Waals surface area contributed by atoms with E-state index in [0.29, 0.717) is 16.2 Å². The van der Waals surface area contributed by atoms with Gasteiger partial charge in [0.05, 0.1) is 0 Å². The standard InChI is InChI=1S/C20H36/c1-6-15-9-7-10-17-19(15,4)14-11-16-18(2,3)12-8-13-20(16,17)5/h15-17H,6-14H2,1-5H3/t15?,16?,17?,19-,20-/m1/s1. The van der Waals surface area contributed by atoms with Gasteiger partial charge in [-0.15, -0.1) is 0 Å². The Kier molecular flexibility index (Phi) is 3.54. The van der Waals surface area contributed by atoms with Crippen molar-refractivity contribution >= 4 is 0 Å². The molecule has 3 fully saturated rings. The third-order valence-corrected chi connectivity index (χ3v) is 8.31. The second-order valence-electron chi connectivity index (χ2n) is 9.53. The Balaban J connectivity index is 1.97. The lowest BCUT2D eigenvalue weighted by Crippen LogP contribution is -2.57. The first-order chi connectivity index (χ1) is 9.34. The van der Waals surface area contributed by atoms with Crippen molar-refractivity contribution in [1.82, 2.24) is 0 Å². The summed E-state index contributed by atoms with van der Waals surface area (Å²) in [5.74, 6) is 2.99. The predicted molar refractivity (Wildman–Crippen MR) is 87.7 cm³/mol. The smallest absolute Gasteiger partial charge is 0.0259 e. The summed E-state index contributed by atoms with van der Waals surface area (Å²) in [5.41, 5.74) is 1.89. The second-order valence-corrected chi connectivity index (χ2v) is 9.53. The first-order valence-corrected chi connectivity index (χ1v) is 9.34. The van der Waals surface area contributed by atoms with Crippen LogP contribution in [0.15, 0.2) is 0 Å². The van der Waals surface area contributed by atoms with E-state index >= 15 is 0 Å². The number of rotatable bonds is 1. The maximum Gasteiger partial charge on any atom is -0.0259 e. The first-order valence-electron chi connectivity index (χ1n) is 9.34. The van der Waals surface area contributed by atoms with Crippen LogP contribution in [0.5, 0.6) is 0 Å². The van der Waals surface area contributed by atoms with E-state index in [4.69, 9.17) is 0 Å². The largest absolute Gasteiger partial charge is 0.0651 e. The highest BCUT2D eigenvalue weighted by atomic mass is 14.6. The van der Waals surface area contributed by atoms with Crippen molar-refractivity contribution in [1.29, 1.82) is 0 Å². The summed E-state index contributed by atoms with van der Waals surface area (Å²) in [6.07, 6.45) is 13.4. The maximum absolute atomic E-state index is 2.69. The average Bonchev–Trinajstić information content (AvgIpc) is 2.36. The molecule has 0 spiro atoms. The van der Waals surface area contributed by atoms with Crippen molar-refractivity contribution in [2.75, 3.05) is 0 Å². The monoisotopic (exact) mass is 276 g/mol. The zero-order valence-corrected chi connectivity index (χ0v) is 14.6. The Bertz CT molecular complexity index is 368. The summed E-state index contributed by atoms with van der Waals surface area (Å²) in [6.45, 7) is 12.9. The summed E-state index contributed by atoms with van der Waals surface area (Å²) in [5, 5.41) is 0. The van der Waals surface area contributed by atoms with E-state index in [9.17, 15) is 0 Å². The highest BCUT2D eigenvalue weighted by molar-refractivity contribution is 5.09. The van der Waals surface area contributed by atoms with Crippen LogP contribution in [0.3, 0.4) is 0 Å². The van der Waals surface area contributed by atoms with Crippen molar-refractivity contribution in [2.45, 2.75) is 92.4 Å². The molecule has 0 bridgehead atoms. The minimum Gasteiger partial charge on any atom is -0.0651 e. The van der Waals surface area contributed by atoms with Gasteiger partial charge in [0.25, 0.3) is 0 Å². The summed E-state index contributed by atoms with van der Waals surface area (Å²) in [6, 6.07) is 0. The van der Waals surface area contributed by atoms with Crippen LogP contribution in [0, 0.1) is 34.0 Å². The molecule has 0 nitrogen and oxygen atoms in total. The molecule has 0 radical (unpaired) electrons. The number of hydrogen-bond acceptors (Lipinski definition) is 0. The molecule has 0 aromatic rings. The third-order valence-electron chi connectivity index (χ3n) is 8.31. The zero-order valence-electron chi connectivity index (χ0n) is 14.6. The van der Waals surface area contributed by atoms with Gasteiger partial charge in [0.1, 0.15) is 0 Å². The van der Waals surface area contributed by atoms with Crippen molar-refractivity contribution in [3.05, 3.63) is 0 Å². The van der Waals surface area contributed by atoms with Crippen molar-refractivity contribution in [3.63, 3.8) is 0 Å². The normalized spacial score (nSPS) is 51.1. The van der Waals surface area contributed by atoms with Crippen LogP contribution in [0.4, 0.5) is 0 Å². The quantitative estimate of drug-likeness (QED) is 0.516. The fourth-order valence-corrected chi connectivity index (χ4v) is 7.40. The maximum atomic E-state index is 2.69. The summed E-state index contributed by atoms with van der Waals surface area (Å²) >= 11 is 0. The van der Waals surface area contributed by atoms with E-state index in [-0.39, 0.29) is 0 Å². The number of fused-ring (bicyclic) bond motifs is 3. The molecule has 3 rings (SSSR count). The Morgan fingerprint density at radius 1 is 0.750 bits per heavy atom. The van der Waals surface area contributed by atoms with Gasteiger partial charge in [0, 0.05) is 0 Å². The van der Waals surface area contributed by atoms with Gasteiger partial charge in [-0.25, -0.2) is 0 Å².